The SMILES string of the molecule is CCOc1cc(C(C)C)cc(C(C)(C)C)n1. The van der Waals surface area contributed by atoms with Crippen molar-refractivity contribution in [2.75, 3.05) is 6.61 Å². The summed E-state index contributed by atoms with van der Waals surface area (Å²) in [5.74, 6) is 1.25. The van der Waals surface area contributed by atoms with Crippen LogP contribution >= 0.6 is 0 Å². The molecule has 0 aromatic carbocycles. The van der Waals surface area contributed by atoms with Gasteiger partial charge in [0, 0.05) is 11.5 Å². The Balaban J connectivity index is 3.19. The van der Waals surface area contributed by atoms with Gasteiger partial charge in [-0.3, -0.25) is 0 Å². The van der Waals surface area contributed by atoms with Crippen LogP contribution in [0.25, 0.3) is 0 Å². The van der Waals surface area contributed by atoms with Gasteiger partial charge in [-0.15, -0.1) is 0 Å². The first-order valence-corrected chi connectivity index (χ1v) is 6.00. The van der Waals surface area contributed by atoms with Gasteiger partial charge < -0.3 is 4.74 Å². The van der Waals surface area contributed by atoms with Gasteiger partial charge in [0.1, 0.15) is 0 Å². The van der Waals surface area contributed by atoms with Crippen LogP contribution < -0.4 is 4.74 Å². The Morgan fingerprint density at radius 2 is 1.88 bits per heavy atom. The summed E-state index contributed by atoms with van der Waals surface area (Å²) in [6, 6.07) is 4.23. The molecule has 0 unspecified atom stereocenters. The zero-order valence-corrected chi connectivity index (χ0v) is 11.3. The van der Waals surface area contributed by atoms with Crippen LogP contribution in [0.3, 0.4) is 0 Å². The maximum Gasteiger partial charge on any atom is 0.213 e. The molecule has 1 heterocycles. The van der Waals surface area contributed by atoms with Gasteiger partial charge in [0.25, 0.3) is 0 Å². The quantitative estimate of drug-likeness (QED) is 0.772. The molecule has 2 heteroatoms. The van der Waals surface area contributed by atoms with Gasteiger partial charge >= 0.3 is 0 Å². The number of hydrogen-bond donors (Lipinski definition) is 0. The van der Waals surface area contributed by atoms with E-state index < -0.39 is 0 Å². The van der Waals surface area contributed by atoms with Crippen LogP contribution in [-0.4, -0.2) is 11.6 Å². The molecule has 2 nitrogen and oxygen atoms in total. The molecule has 0 spiro atoms. The third kappa shape index (κ3) is 3.22. The summed E-state index contributed by atoms with van der Waals surface area (Å²) in [6.45, 7) is 13.6. The van der Waals surface area contributed by atoms with E-state index in [2.05, 4.69) is 45.7 Å². The number of hydrogen-bond acceptors (Lipinski definition) is 2. The summed E-state index contributed by atoms with van der Waals surface area (Å²) in [7, 11) is 0. The van der Waals surface area contributed by atoms with Crippen LogP contribution in [0.4, 0.5) is 0 Å². The highest BCUT2D eigenvalue weighted by Gasteiger charge is 2.18. The highest BCUT2D eigenvalue weighted by molar-refractivity contribution is 5.30. The number of ether oxygens (including phenoxy) is 1. The van der Waals surface area contributed by atoms with E-state index >= 15 is 0 Å². The van der Waals surface area contributed by atoms with Crippen molar-refractivity contribution < 1.29 is 4.74 Å². The maximum atomic E-state index is 5.52. The van der Waals surface area contributed by atoms with Gasteiger partial charge in [-0.1, -0.05) is 34.6 Å². The van der Waals surface area contributed by atoms with E-state index in [9.17, 15) is 0 Å². The first-order chi connectivity index (χ1) is 7.34. The molecule has 0 aliphatic carbocycles. The Morgan fingerprint density at radius 1 is 1.25 bits per heavy atom. The van der Waals surface area contributed by atoms with Gasteiger partial charge in [0.05, 0.1) is 12.3 Å². The molecule has 0 aliphatic rings. The molecule has 1 aromatic heterocycles. The van der Waals surface area contributed by atoms with Crippen molar-refractivity contribution in [1.82, 2.24) is 4.98 Å². The maximum absolute atomic E-state index is 5.52. The molecule has 0 bridgehead atoms. The standard InChI is InChI=1S/C14H23NO/c1-7-16-13-9-11(10(2)3)8-12(15-13)14(4,5)6/h8-10H,7H2,1-6H3. The van der Waals surface area contributed by atoms with E-state index in [1.54, 1.807) is 0 Å². The number of pyridine rings is 1. The second-order valence-corrected chi connectivity index (χ2v) is 5.46. The lowest BCUT2D eigenvalue weighted by Gasteiger charge is -2.20. The predicted molar refractivity (Wildman–Crippen MR) is 68.2 cm³/mol. The van der Waals surface area contributed by atoms with Crippen LogP contribution in [0.5, 0.6) is 5.88 Å². The van der Waals surface area contributed by atoms with Gasteiger partial charge in [-0.25, -0.2) is 4.98 Å². The molecule has 0 N–H and O–H groups in total. The molecule has 0 amide bonds. The smallest absolute Gasteiger partial charge is 0.213 e. The van der Waals surface area contributed by atoms with E-state index in [4.69, 9.17) is 4.74 Å². The average Bonchev–Trinajstić information content (AvgIpc) is 2.16. The lowest BCUT2D eigenvalue weighted by atomic mass is 9.89. The second-order valence-electron chi connectivity index (χ2n) is 5.46. The summed E-state index contributed by atoms with van der Waals surface area (Å²) < 4.78 is 5.52. The topological polar surface area (TPSA) is 22.1 Å². The molecular formula is C14H23NO. The summed E-state index contributed by atoms with van der Waals surface area (Å²) in [6.07, 6.45) is 0. The fourth-order valence-corrected chi connectivity index (χ4v) is 1.46. The summed E-state index contributed by atoms with van der Waals surface area (Å²) in [5.41, 5.74) is 2.46. The third-order valence-corrected chi connectivity index (χ3v) is 2.55. The molecule has 0 radical (unpaired) electrons. The second kappa shape index (κ2) is 4.86. The van der Waals surface area contributed by atoms with E-state index in [1.807, 2.05) is 13.0 Å². The average molecular weight is 221 g/mol. The van der Waals surface area contributed by atoms with E-state index in [1.165, 1.54) is 5.56 Å². The highest BCUT2D eigenvalue weighted by Crippen LogP contribution is 2.27. The van der Waals surface area contributed by atoms with Gasteiger partial charge in [0.15, 0.2) is 0 Å². The third-order valence-electron chi connectivity index (χ3n) is 2.55. The molecular weight excluding hydrogens is 198 g/mol. The van der Waals surface area contributed by atoms with E-state index in [0.717, 1.165) is 11.6 Å². The molecule has 1 rings (SSSR count). The highest BCUT2D eigenvalue weighted by atomic mass is 16.5. The van der Waals surface area contributed by atoms with Crippen molar-refractivity contribution in [1.29, 1.82) is 0 Å². The predicted octanol–water partition coefficient (Wildman–Crippen LogP) is 3.90. The van der Waals surface area contributed by atoms with Crippen LogP contribution in [0.1, 0.15) is 58.7 Å². The molecule has 1 aromatic rings. The lowest BCUT2D eigenvalue weighted by Crippen LogP contribution is -2.15. The summed E-state index contributed by atoms with van der Waals surface area (Å²) >= 11 is 0. The number of aromatic nitrogens is 1. The molecule has 0 fully saturated rings. The van der Waals surface area contributed by atoms with Gasteiger partial charge in [-0.05, 0) is 24.5 Å². The molecule has 0 saturated carbocycles. The normalized spacial score (nSPS) is 11.9. The minimum absolute atomic E-state index is 0.0662. The minimum atomic E-state index is 0.0662. The van der Waals surface area contributed by atoms with Crippen molar-refractivity contribution in [2.45, 2.75) is 52.9 Å². The zero-order valence-electron chi connectivity index (χ0n) is 11.3. The first-order valence-electron chi connectivity index (χ1n) is 6.00. The van der Waals surface area contributed by atoms with E-state index in [-0.39, 0.29) is 5.41 Å². The Hall–Kier alpha value is -1.05. The monoisotopic (exact) mass is 221 g/mol. The zero-order chi connectivity index (χ0) is 12.3. The first kappa shape index (κ1) is 13.0. The van der Waals surface area contributed by atoms with E-state index in [0.29, 0.717) is 12.5 Å². The molecule has 16 heavy (non-hydrogen) atoms. The molecule has 90 valence electrons. The Morgan fingerprint density at radius 3 is 2.31 bits per heavy atom. The molecule has 0 atom stereocenters. The van der Waals surface area contributed by atoms with Crippen LogP contribution in [-0.2, 0) is 5.41 Å². The van der Waals surface area contributed by atoms with Crippen LogP contribution in [0, 0.1) is 0 Å². The number of nitrogens with zero attached hydrogens (tertiary/aromatic N) is 1. The van der Waals surface area contributed by atoms with Crippen molar-refractivity contribution in [3.05, 3.63) is 23.4 Å². The Kier molecular flexibility index (Phi) is 3.95. The summed E-state index contributed by atoms with van der Waals surface area (Å²) in [4.78, 5) is 4.55. The molecule has 0 saturated heterocycles. The Bertz CT molecular complexity index is 350. The lowest BCUT2D eigenvalue weighted by molar-refractivity contribution is 0.323. The summed E-state index contributed by atoms with van der Waals surface area (Å²) in [5, 5.41) is 0. The van der Waals surface area contributed by atoms with Crippen molar-refractivity contribution in [3.63, 3.8) is 0 Å². The van der Waals surface area contributed by atoms with Gasteiger partial charge in [-0.2, -0.15) is 0 Å². The van der Waals surface area contributed by atoms with Crippen molar-refractivity contribution in [3.8, 4) is 5.88 Å². The Labute approximate surface area is 99.0 Å². The van der Waals surface area contributed by atoms with Crippen molar-refractivity contribution >= 4 is 0 Å². The molecule has 0 aliphatic heterocycles. The minimum Gasteiger partial charge on any atom is -0.478 e. The van der Waals surface area contributed by atoms with Crippen molar-refractivity contribution in [2.24, 2.45) is 0 Å². The largest absolute Gasteiger partial charge is 0.478 e. The fourth-order valence-electron chi connectivity index (χ4n) is 1.46. The number of rotatable bonds is 3. The fraction of sp³-hybridized carbons (Fsp3) is 0.643. The van der Waals surface area contributed by atoms with Crippen LogP contribution in [0.2, 0.25) is 0 Å². The van der Waals surface area contributed by atoms with Crippen LogP contribution in [0.15, 0.2) is 12.1 Å². The van der Waals surface area contributed by atoms with Gasteiger partial charge in [0.2, 0.25) is 5.88 Å².